The molecule has 1 aliphatic rings. The van der Waals surface area contributed by atoms with Crippen LogP contribution in [0.4, 0.5) is 0 Å². The molecule has 0 radical (unpaired) electrons. The van der Waals surface area contributed by atoms with Crippen LogP contribution in [0.15, 0.2) is 0 Å². The maximum Gasteiger partial charge on any atom is 0.00702 e. The fourth-order valence-corrected chi connectivity index (χ4v) is 3.35. The molecular weight excluding hydrogens is 268 g/mol. The minimum atomic E-state index is 0.391. The second-order valence-electron chi connectivity index (χ2n) is 10.6. The highest BCUT2D eigenvalue weighted by molar-refractivity contribution is 4.90. The van der Waals surface area contributed by atoms with Crippen molar-refractivity contribution in [3.8, 4) is 0 Å². The van der Waals surface area contributed by atoms with Gasteiger partial charge in [0.15, 0.2) is 0 Å². The zero-order chi connectivity index (χ0) is 17.0. The lowest BCUT2D eigenvalue weighted by Crippen LogP contribution is -2.38. The van der Waals surface area contributed by atoms with Crippen LogP contribution in [-0.2, 0) is 0 Å². The van der Waals surface area contributed by atoms with Gasteiger partial charge in [-0.25, -0.2) is 0 Å². The smallest absolute Gasteiger partial charge is 0.00702 e. The van der Waals surface area contributed by atoms with Crippen molar-refractivity contribution in [2.45, 2.75) is 87.1 Å². The molecule has 2 heteroatoms. The first kappa shape index (κ1) is 20.0. The largest absolute Gasteiger partial charge is 0.316 e. The first-order chi connectivity index (χ1) is 9.89. The lowest BCUT2D eigenvalue weighted by atomic mass is 9.77. The zero-order valence-electron chi connectivity index (χ0n) is 16.6. The summed E-state index contributed by atoms with van der Waals surface area (Å²) in [6.07, 6.45) is 5.34. The van der Waals surface area contributed by atoms with Crippen molar-refractivity contribution in [3.05, 3.63) is 0 Å². The molecule has 1 fully saturated rings. The van der Waals surface area contributed by atoms with Gasteiger partial charge < -0.3 is 10.6 Å². The first-order valence-electron chi connectivity index (χ1n) is 9.33. The highest BCUT2D eigenvalue weighted by atomic mass is 14.9. The van der Waals surface area contributed by atoms with E-state index in [1.54, 1.807) is 0 Å². The summed E-state index contributed by atoms with van der Waals surface area (Å²) in [5.41, 5.74) is 1.24. The van der Waals surface area contributed by atoms with Gasteiger partial charge in [-0.15, -0.1) is 0 Å². The lowest BCUT2D eigenvalue weighted by molar-refractivity contribution is 0.200. The standard InChI is InChI=1S/C20H42N2/c1-18(2,3)11-12-21-15-20(7,8)16-9-10-17(13-16)22-14-19(4,5)6/h16-17,21-22H,9-15H2,1-8H3. The van der Waals surface area contributed by atoms with Gasteiger partial charge >= 0.3 is 0 Å². The summed E-state index contributed by atoms with van der Waals surface area (Å²) in [5.74, 6) is 0.854. The first-order valence-corrected chi connectivity index (χ1v) is 9.33. The number of hydrogen-bond donors (Lipinski definition) is 2. The topological polar surface area (TPSA) is 24.1 Å². The Morgan fingerprint density at radius 2 is 1.45 bits per heavy atom. The van der Waals surface area contributed by atoms with E-state index in [4.69, 9.17) is 0 Å². The third kappa shape index (κ3) is 7.97. The lowest BCUT2D eigenvalue weighted by Gasteiger charge is -2.33. The number of rotatable bonds is 7. The van der Waals surface area contributed by atoms with Gasteiger partial charge in [0.1, 0.15) is 0 Å². The zero-order valence-corrected chi connectivity index (χ0v) is 16.6. The minimum absolute atomic E-state index is 0.391. The molecule has 0 aromatic heterocycles. The van der Waals surface area contributed by atoms with Crippen molar-refractivity contribution in [3.63, 3.8) is 0 Å². The normalized spacial score (nSPS) is 24.0. The Hall–Kier alpha value is -0.0800. The fraction of sp³-hybridized carbons (Fsp3) is 1.00. The predicted octanol–water partition coefficient (Wildman–Crippen LogP) is 4.84. The van der Waals surface area contributed by atoms with E-state index in [0.717, 1.165) is 31.6 Å². The molecule has 2 unspecified atom stereocenters. The van der Waals surface area contributed by atoms with Crippen LogP contribution in [0, 0.1) is 22.2 Å². The van der Waals surface area contributed by atoms with Gasteiger partial charge in [-0.3, -0.25) is 0 Å². The Morgan fingerprint density at radius 3 is 2.00 bits per heavy atom. The summed E-state index contributed by atoms with van der Waals surface area (Å²) in [5, 5.41) is 7.50. The van der Waals surface area contributed by atoms with E-state index in [9.17, 15) is 0 Å². The van der Waals surface area contributed by atoms with Gasteiger partial charge in [-0.2, -0.15) is 0 Å². The van der Waals surface area contributed by atoms with E-state index in [1.807, 2.05) is 0 Å². The van der Waals surface area contributed by atoms with Crippen LogP contribution in [0.25, 0.3) is 0 Å². The molecule has 22 heavy (non-hydrogen) atoms. The quantitative estimate of drug-likeness (QED) is 0.657. The minimum Gasteiger partial charge on any atom is -0.316 e. The highest BCUT2D eigenvalue weighted by Crippen LogP contribution is 2.39. The Balaban J connectivity index is 2.31. The Kier molecular flexibility index (Phi) is 6.95. The Labute approximate surface area is 140 Å². The molecule has 0 heterocycles. The van der Waals surface area contributed by atoms with Gasteiger partial charge in [-0.05, 0) is 54.4 Å². The molecular formula is C20H42N2. The summed E-state index contributed by atoms with van der Waals surface area (Å²) in [4.78, 5) is 0. The summed E-state index contributed by atoms with van der Waals surface area (Å²) in [7, 11) is 0. The fourth-order valence-electron chi connectivity index (χ4n) is 3.35. The van der Waals surface area contributed by atoms with Gasteiger partial charge in [-0.1, -0.05) is 55.4 Å². The van der Waals surface area contributed by atoms with Crippen LogP contribution in [-0.4, -0.2) is 25.7 Å². The second kappa shape index (κ2) is 7.66. The molecule has 2 atom stereocenters. The molecule has 0 aromatic rings. The van der Waals surface area contributed by atoms with Crippen LogP contribution in [0.2, 0.25) is 0 Å². The molecule has 2 N–H and O–H groups in total. The Bertz CT molecular complexity index is 320. The van der Waals surface area contributed by atoms with Crippen molar-refractivity contribution < 1.29 is 0 Å². The van der Waals surface area contributed by atoms with E-state index in [1.165, 1.54) is 25.7 Å². The van der Waals surface area contributed by atoms with Crippen LogP contribution >= 0.6 is 0 Å². The Morgan fingerprint density at radius 1 is 0.818 bits per heavy atom. The van der Waals surface area contributed by atoms with Crippen molar-refractivity contribution >= 4 is 0 Å². The third-order valence-corrected chi connectivity index (χ3v) is 5.09. The maximum atomic E-state index is 3.79. The van der Waals surface area contributed by atoms with E-state index < -0.39 is 0 Å². The molecule has 1 saturated carbocycles. The maximum absolute atomic E-state index is 3.79. The van der Waals surface area contributed by atoms with Crippen molar-refractivity contribution in [2.24, 2.45) is 22.2 Å². The molecule has 2 nitrogen and oxygen atoms in total. The van der Waals surface area contributed by atoms with Crippen LogP contribution in [0.5, 0.6) is 0 Å². The van der Waals surface area contributed by atoms with Gasteiger partial charge in [0, 0.05) is 19.1 Å². The predicted molar refractivity (Wildman–Crippen MR) is 99.3 cm³/mol. The molecule has 0 saturated heterocycles. The van der Waals surface area contributed by atoms with Crippen molar-refractivity contribution in [2.75, 3.05) is 19.6 Å². The summed E-state index contributed by atoms with van der Waals surface area (Å²) in [6, 6.07) is 0.734. The van der Waals surface area contributed by atoms with Gasteiger partial charge in [0.2, 0.25) is 0 Å². The molecule has 0 bridgehead atoms. The van der Waals surface area contributed by atoms with Crippen LogP contribution in [0.1, 0.15) is 81.1 Å². The molecule has 0 aromatic carbocycles. The average molecular weight is 311 g/mol. The van der Waals surface area contributed by atoms with E-state index in [2.05, 4.69) is 66.0 Å². The molecule has 132 valence electrons. The third-order valence-electron chi connectivity index (χ3n) is 5.09. The summed E-state index contributed by atoms with van der Waals surface area (Å²) in [6.45, 7) is 22.2. The van der Waals surface area contributed by atoms with Crippen molar-refractivity contribution in [1.82, 2.24) is 10.6 Å². The molecule has 0 spiro atoms. The van der Waals surface area contributed by atoms with Gasteiger partial charge in [0.05, 0.1) is 0 Å². The SMILES string of the molecule is CC(C)(C)CCNCC(C)(C)C1CCC(NCC(C)(C)C)C1. The van der Waals surface area contributed by atoms with Crippen molar-refractivity contribution in [1.29, 1.82) is 0 Å². The van der Waals surface area contributed by atoms with E-state index in [0.29, 0.717) is 16.2 Å². The molecule has 1 aliphatic carbocycles. The summed E-state index contributed by atoms with van der Waals surface area (Å²) >= 11 is 0. The van der Waals surface area contributed by atoms with E-state index in [-0.39, 0.29) is 0 Å². The summed E-state index contributed by atoms with van der Waals surface area (Å²) < 4.78 is 0. The van der Waals surface area contributed by atoms with Crippen LogP contribution < -0.4 is 10.6 Å². The van der Waals surface area contributed by atoms with Gasteiger partial charge in [0.25, 0.3) is 0 Å². The number of hydrogen-bond acceptors (Lipinski definition) is 2. The number of nitrogens with one attached hydrogen (secondary N) is 2. The average Bonchev–Trinajstić information content (AvgIpc) is 2.80. The highest BCUT2D eigenvalue weighted by Gasteiger charge is 2.35. The second-order valence-corrected chi connectivity index (χ2v) is 10.6. The van der Waals surface area contributed by atoms with E-state index >= 15 is 0 Å². The van der Waals surface area contributed by atoms with Crippen LogP contribution in [0.3, 0.4) is 0 Å². The molecule has 1 rings (SSSR count). The molecule has 0 aliphatic heterocycles. The monoisotopic (exact) mass is 310 g/mol. The molecule has 0 amide bonds.